The summed E-state index contributed by atoms with van der Waals surface area (Å²) in [5.41, 5.74) is 2.71. The Morgan fingerprint density at radius 3 is 2.50 bits per heavy atom. The predicted molar refractivity (Wildman–Crippen MR) is 108 cm³/mol. The Morgan fingerprint density at radius 2 is 1.73 bits per heavy atom. The minimum atomic E-state index is 0.549. The smallest absolute Gasteiger partial charge is 0.167 e. The maximum Gasteiger partial charge on any atom is 0.167 e. The molecule has 130 valence electrons. The molecule has 4 rings (SSSR count). The van der Waals surface area contributed by atoms with Crippen LogP contribution in [-0.4, -0.2) is 19.7 Å². The summed E-state index contributed by atoms with van der Waals surface area (Å²) < 4.78 is 1.77. The van der Waals surface area contributed by atoms with Gasteiger partial charge >= 0.3 is 0 Å². The number of benzene rings is 2. The van der Waals surface area contributed by atoms with Crippen molar-refractivity contribution in [1.82, 2.24) is 19.7 Å². The van der Waals surface area contributed by atoms with Gasteiger partial charge in [-0.3, -0.25) is 0 Å². The van der Waals surface area contributed by atoms with E-state index in [4.69, 9.17) is 34.8 Å². The molecular formula is C18H11Cl3N4S. The summed E-state index contributed by atoms with van der Waals surface area (Å²) in [5.74, 6) is 0.717. The molecule has 0 N–H and O–H groups in total. The van der Waals surface area contributed by atoms with Gasteiger partial charge in [-0.25, -0.2) is 14.6 Å². The van der Waals surface area contributed by atoms with Crippen LogP contribution in [0.3, 0.4) is 0 Å². The molecule has 0 bridgehead atoms. The van der Waals surface area contributed by atoms with Gasteiger partial charge in [0, 0.05) is 10.8 Å². The van der Waals surface area contributed by atoms with Gasteiger partial charge in [-0.15, -0.1) is 11.8 Å². The molecule has 0 aliphatic carbocycles. The zero-order valence-electron chi connectivity index (χ0n) is 13.2. The van der Waals surface area contributed by atoms with E-state index in [1.165, 1.54) is 0 Å². The van der Waals surface area contributed by atoms with Crippen molar-refractivity contribution in [1.29, 1.82) is 0 Å². The first kappa shape index (κ1) is 17.6. The molecule has 0 aliphatic heterocycles. The van der Waals surface area contributed by atoms with Crippen molar-refractivity contribution in [2.45, 2.75) is 10.8 Å². The molecule has 0 saturated heterocycles. The lowest BCUT2D eigenvalue weighted by molar-refractivity contribution is 0.893. The third-order valence-electron chi connectivity index (χ3n) is 3.76. The zero-order chi connectivity index (χ0) is 18.1. The highest BCUT2D eigenvalue weighted by molar-refractivity contribution is 7.98. The van der Waals surface area contributed by atoms with Crippen molar-refractivity contribution in [3.05, 3.63) is 75.6 Å². The van der Waals surface area contributed by atoms with Crippen LogP contribution < -0.4 is 0 Å². The minimum Gasteiger partial charge on any atom is -0.229 e. The lowest BCUT2D eigenvalue weighted by Gasteiger charge is -2.05. The fourth-order valence-electron chi connectivity index (χ4n) is 2.49. The van der Waals surface area contributed by atoms with Crippen LogP contribution in [0, 0.1) is 0 Å². The van der Waals surface area contributed by atoms with E-state index in [2.05, 4.69) is 15.1 Å². The second kappa shape index (κ2) is 7.45. The molecule has 0 aliphatic rings. The maximum absolute atomic E-state index is 6.08. The molecule has 0 saturated carbocycles. The molecule has 0 atom stereocenters. The molecule has 8 heteroatoms. The molecule has 0 unspecified atom stereocenters. The van der Waals surface area contributed by atoms with Gasteiger partial charge in [-0.1, -0.05) is 40.9 Å². The van der Waals surface area contributed by atoms with Crippen molar-refractivity contribution in [3.63, 3.8) is 0 Å². The molecular weight excluding hydrogens is 411 g/mol. The van der Waals surface area contributed by atoms with Crippen LogP contribution in [0.1, 0.15) is 5.56 Å². The van der Waals surface area contributed by atoms with Gasteiger partial charge in [0.1, 0.15) is 11.4 Å². The summed E-state index contributed by atoms with van der Waals surface area (Å²) in [4.78, 5) is 8.79. The molecule has 4 nitrogen and oxygen atoms in total. The molecule has 0 spiro atoms. The summed E-state index contributed by atoms with van der Waals surface area (Å²) in [6.45, 7) is 0. The van der Waals surface area contributed by atoms with Gasteiger partial charge in [-0.2, -0.15) is 5.10 Å². The molecule has 2 aromatic heterocycles. The maximum atomic E-state index is 6.08. The van der Waals surface area contributed by atoms with Crippen molar-refractivity contribution in [2.24, 2.45) is 0 Å². The van der Waals surface area contributed by atoms with Crippen LogP contribution in [0.25, 0.3) is 16.7 Å². The van der Waals surface area contributed by atoms with Crippen LogP contribution in [-0.2, 0) is 5.75 Å². The standard InChI is InChI=1S/C18H11Cl3N4S/c19-12-2-4-13(5-3-12)25-17-14(8-24-25)18(23-10-22-17)26-9-11-1-6-15(20)16(21)7-11/h1-8,10H,9H2. The SMILES string of the molecule is Clc1ccc(-n2ncc3c(SCc4ccc(Cl)c(Cl)c4)ncnc32)cc1. The average molecular weight is 422 g/mol. The first-order chi connectivity index (χ1) is 12.6. The van der Waals surface area contributed by atoms with Crippen molar-refractivity contribution in [2.75, 3.05) is 0 Å². The highest BCUT2D eigenvalue weighted by atomic mass is 35.5. The van der Waals surface area contributed by atoms with Crippen LogP contribution in [0.5, 0.6) is 0 Å². The Bertz CT molecular complexity index is 1080. The molecule has 2 aromatic carbocycles. The summed E-state index contributed by atoms with van der Waals surface area (Å²) in [6.07, 6.45) is 3.33. The van der Waals surface area contributed by atoms with E-state index in [0.717, 1.165) is 33.1 Å². The van der Waals surface area contributed by atoms with E-state index in [1.54, 1.807) is 35.0 Å². The van der Waals surface area contributed by atoms with E-state index in [9.17, 15) is 0 Å². The highest BCUT2D eigenvalue weighted by Crippen LogP contribution is 2.30. The third-order valence-corrected chi connectivity index (χ3v) is 5.83. The Labute approximate surface area is 169 Å². The third kappa shape index (κ3) is 3.53. The first-order valence-electron chi connectivity index (χ1n) is 7.63. The lowest BCUT2D eigenvalue weighted by atomic mass is 10.2. The highest BCUT2D eigenvalue weighted by Gasteiger charge is 2.12. The largest absolute Gasteiger partial charge is 0.229 e. The van der Waals surface area contributed by atoms with Gasteiger partial charge in [0.25, 0.3) is 0 Å². The molecule has 4 aromatic rings. The Kier molecular flexibility index (Phi) is 5.05. The van der Waals surface area contributed by atoms with Gasteiger partial charge in [0.2, 0.25) is 0 Å². The lowest BCUT2D eigenvalue weighted by Crippen LogP contribution is -1.97. The number of thioether (sulfide) groups is 1. The molecule has 0 fully saturated rings. The summed E-state index contributed by atoms with van der Waals surface area (Å²) in [7, 11) is 0. The number of aromatic nitrogens is 4. The zero-order valence-corrected chi connectivity index (χ0v) is 16.3. The normalized spacial score (nSPS) is 11.2. The second-order valence-corrected chi connectivity index (χ2v) is 7.70. The van der Waals surface area contributed by atoms with E-state index in [1.807, 2.05) is 36.4 Å². The van der Waals surface area contributed by atoms with E-state index in [0.29, 0.717) is 15.1 Å². The Hall–Kier alpha value is -1.79. The molecule has 26 heavy (non-hydrogen) atoms. The summed E-state index contributed by atoms with van der Waals surface area (Å²) in [6, 6.07) is 13.1. The number of nitrogens with zero attached hydrogens (tertiary/aromatic N) is 4. The fourth-order valence-corrected chi connectivity index (χ4v) is 3.84. The Balaban J connectivity index is 1.64. The fraction of sp³-hybridized carbons (Fsp3) is 0.0556. The van der Waals surface area contributed by atoms with Gasteiger partial charge in [0.15, 0.2) is 5.65 Å². The molecule has 0 amide bonds. The van der Waals surface area contributed by atoms with Crippen LogP contribution in [0.15, 0.2) is 60.0 Å². The minimum absolute atomic E-state index is 0.549. The predicted octanol–water partition coefficient (Wildman–Crippen LogP) is 6.07. The first-order valence-corrected chi connectivity index (χ1v) is 9.75. The van der Waals surface area contributed by atoms with Gasteiger partial charge in [0.05, 0.1) is 27.3 Å². The van der Waals surface area contributed by atoms with Crippen LogP contribution >= 0.6 is 46.6 Å². The number of halogens is 3. The average Bonchev–Trinajstić information content (AvgIpc) is 3.08. The molecule has 2 heterocycles. The van der Waals surface area contributed by atoms with Gasteiger partial charge < -0.3 is 0 Å². The van der Waals surface area contributed by atoms with Gasteiger partial charge in [-0.05, 0) is 42.0 Å². The summed E-state index contributed by atoms with van der Waals surface area (Å²) >= 11 is 19.6. The topological polar surface area (TPSA) is 43.6 Å². The Morgan fingerprint density at radius 1 is 0.923 bits per heavy atom. The molecule has 0 radical (unpaired) electrons. The second-order valence-electron chi connectivity index (χ2n) is 5.49. The van der Waals surface area contributed by atoms with Crippen molar-refractivity contribution < 1.29 is 0 Å². The number of hydrogen-bond acceptors (Lipinski definition) is 4. The van der Waals surface area contributed by atoms with Crippen molar-refractivity contribution >= 4 is 57.6 Å². The monoisotopic (exact) mass is 420 g/mol. The number of rotatable bonds is 4. The van der Waals surface area contributed by atoms with E-state index < -0.39 is 0 Å². The summed E-state index contributed by atoms with van der Waals surface area (Å²) in [5, 5.41) is 7.99. The van der Waals surface area contributed by atoms with Crippen LogP contribution in [0.2, 0.25) is 15.1 Å². The quantitative estimate of drug-likeness (QED) is 0.296. The van der Waals surface area contributed by atoms with Crippen molar-refractivity contribution in [3.8, 4) is 5.69 Å². The van der Waals surface area contributed by atoms with Crippen LogP contribution in [0.4, 0.5) is 0 Å². The number of hydrogen-bond donors (Lipinski definition) is 0. The van der Waals surface area contributed by atoms with E-state index >= 15 is 0 Å². The van der Waals surface area contributed by atoms with E-state index in [-0.39, 0.29) is 0 Å². The number of fused-ring (bicyclic) bond motifs is 1.